The number of carbonyl (C=O) groups excluding carboxylic acids is 4. The number of imide groups is 1. The molecule has 1 saturated heterocycles. The van der Waals surface area contributed by atoms with Crippen molar-refractivity contribution in [3.8, 4) is 5.82 Å². The summed E-state index contributed by atoms with van der Waals surface area (Å²) in [6.45, 7) is 0.398. The molecule has 7 rings (SSSR count). The molecule has 2 aliphatic rings. The highest BCUT2D eigenvalue weighted by Gasteiger charge is 2.47. The van der Waals surface area contributed by atoms with Crippen molar-refractivity contribution in [3.05, 3.63) is 120 Å². The van der Waals surface area contributed by atoms with Crippen LogP contribution in [0.5, 0.6) is 0 Å². The van der Waals surface area contributed by atoms with Gasteiger partial charge in [0.2, 0.25) is 5.91 Å². The summed E-state index contributed by atoms with van der Waals surface area (Å²) < 4.78 is 7.43. The Morgan fingerprint density at radius 2 is 1.64 bits per heavy atom. The number of nitrogens with zero attached hydrogens (tertiary/aromatic N) is 4. The first-order valence-electron chi connectivity index (χ1n) is 14.6. The molecule has 2 aliphatic heterocycles. The summed E-state index contributed by atoms with van der Waals surface area (Å²) >= 11 is 0. The fourth-order valence-corrected chi connectivity index (χ4v) is 6.27. The van der Waals surface area contributed by atoms with E-state index in [2.05, 4.69) is 9.97 Å². The van der Waals surface area contributed by atoms with E-state index in [1.165, 1.54) is 4.90 Å². The Morgan fingerprint density at radius 1 is 0.932 bits per heavy atom. The van der Waals surface area contributed by atoms with E-state index in [0.29, 0.717) is 25.2 Å². The van der Waals surface area contributed by atoms with Gasteiger partial charge < -0.3 is 14.6 Å². The lowest BCUT2D eigenvalue weighted by Crippen LogP contribution is -2.54. The molecule has 0 radical (unpaired) electrons. The third kappa shape index (κ3) is 4.74. The van der Waals surface area contributed by atoms with Gasteiger partial charge >= 0.3 is 5.97 Å². The number of carbonyl (C=O) groups is 4. The van der Waals surface area contributed by atoms with Crippen LogP contribution in [-0.2, 0) is 27.4 Å². The first kappa shape index (κ1) is 27.3. The Hall–Kier alpha value is -5.51. The van der Waals surface area contributed by atoms with Crippen LogP contribution in [0.3, 0.4) is 0 Å². The van der Waals surface area contributed by atoms with Gasteiger partial charge in [-0.2, -0.15) is 0 Å². The molecule has 0 bridgehead atoms. The molecule has 10 nitrogen and oxygen atoms in total. The lowest BCUT2D eigenvalue weighted by molar-refractivity contribution is -0.155. The van der Waals surface area contributed by atoms with E-state index in [4.69, 9.17) is 4.74 Å². The number of benzene rings is 3. The SMILES string of the molecule is O=C(OCc1ccccc1)[C@@H]1CCCN1C(=O)[C@H](Cc1c(-n2ccnc2)[nH]c2ccccc12)N1C(=O)c2ccccc2C1=O. The van der Waals surface area contributed by atoms with Crippen molar-refractivity contribution >= 4 is 34.6 Å². The number of para-hydroxylation sites is 1. The zero-order valence-corrected chi connectivity index (χ0v) is 23.8. The number of likely N-dealkylation sites (tertiary alicyclic amines) is 1. The summed E-state index contributed by atoms with van der Waals surface area (Å²) in [7, 11) is 0. The van der Waals surface area contributed by atoms with Gasteiger partial charge in [0.1, 0.15) is 30.8 Å². The van der Waals surface area contributed by atoms with Gasteiger partial charge in [0, 0.05) is 41.8 Å². The Kier molecular flexibility index (Phi) is 7.01. The van der Waals surface area contributed by atoms with Crippen LogP contribution in [0.2, 0.25) is 0 Å². The number of fused-ring (bicyclic) bond motifs is 2. The first-order valence-corrected chi connectivity index (χ1v) is 14.6. The summed E-state index contributed by atoms with van der Waals surface area (Å²) in [4.78, 5) is 65.5. The highest BCUT2D eigenvalue weighted by molar-refractivity contribution is 6.23. The first-order chi connectivity index (χ1) is 21.5. The quantitative estimate of drug-likeness (QED) is 0.214. The van der Waals surface area contributed by atoms with E-state index < -0.39 is 35.8 Å². The molecule has 44 heavy (non-hydrogen) atoms. The number of nitrogens with one attached hydrogen (secondary N) is 1. The molecule has 1 fully saturated rings. The van der Waals surface area contributed by atoms with Crippen LogP contribution in [0.15, 0.2) is 97.6 Å². The Balaban J connectivity index is 1.26. The molecule has 10 heteroatoms. The third-order valence-electron chi connectivity index (χ3n) is 8.41. The minimum absolute atomic E-state index is 0.0319. The van der Waals surface area contributed by atoms with E-state index in [0.717, 1.165) is 26.9 Å². The maximum Gasteiger partial charge on any atom is 0.329 e. The number of aromatic nitrogens is 3. The minimum atomic E-state index is -1.20. The van der Waals surface area contributed by atoms with Crippen molar-refractivity contribution in [2.24, 2.45) is 0 Å². The standard InChI is InChI=1S/C34H29N5O5/c40-31-24-12-4-5-13-25(24)32(41)39(31)29(19-26-23-11-6-7-14-27(23)36-30(26)37-18-16-35-21-37)33(42)38-17-8-15-28(38)34(43)44-20-22-9-2-1-3-10-22/h1-7,9-14,16,18,21,28-29,36H,8,15,17,19-20H2/t28-,29-/m0/s1. The van der Waals surface area contributed by atoms with Crippen LogP contribution in [0.1, 0.15) is 44.7 Å². The summed E-state index contributed by atoms with van der Waals surface area (Å²) in [5, 5.41) is 0.853. The van der Waals surface area contributed by atoms with E-state index >= 15 is 0 Å². The van der Waals surface area contributed by atoms with Gasteiger partial charge in [-0.3, -0.25) is 23.9 Å². The van der Waals surface area contributed by atoms with Crippen LogP contribution in [0.25, 0.3) is 16.7 Å². The molecular weight excluding hydrogens is 558 g/mol. The van der Waals surface area contributed by atoms with Crippen LogP contribution in [0.4, 0.5) is 0 Å². The van der Waals surface area contributed by atoms with Gasteiger partial charge in [-0.15, -0.1) is 0 Å². The zero-order chi connectivity index (χ0) is 30.2. The fraction of sp³-hybridized carbons (Fsp3) is 0.206. The maximum atomic E-state index is 14.6. The largest absolute Gasteiger partial charge is 0.459 e. The molecule has 3 aromatic carbocycles. The average Bonchev–Trinajstić information content (AvgIpc) is 3.86. The number of imidazole rings is 1. The maximum absolute atomic E-state index is 14.6. The number of ether oxygens (including phenoxy) is 1. The second-order valence-electron chi connectivity index (χ2n) is 11.0. The molecule has 0 spiro atoms. The normalized spacial score (nSPS) is 16.9. The summed E-state index contributed by atoms with van der Waals surface area (Å²) in [6.07, 6.45) is 6.14. The number of H-pyrrole nitrogens is 1. The van der Waals surface area contributed by atoms with Crippen LogP contribution < -0.4 is 0 Å². The number of aromatic amines is 1. The lowest BCUT2D eigenvalue weighted by atomic mass is 10.0. The smallest absolute Gasteiger partial charge is 0.329 e. The monoisotopic (exact) mass is 587 g/mol. The molecule has 1 N–H and O–H groups in total. The van der Waals surface area contributed by atoms with Crippen molar-refractivity contribution in [1.29, 1.82) is 0 Å². The molecule has 220 valence electrons. The van der Waals surface area contributed by atoms with Crippen molar-refractivity contribution < 1.29 is 23.9 Å². The molecule has 0 saturated carbocycles. The topological polar surface area (TPSA) is 118 Å². The molecule has 0 unspecified atom stereocenters. The van der Waals surface area contributed by atoms with Gasteiger partial charge in [-0.05, 0) is 36.6 Å². The predicted octanol–water partition coefficient (Wildman–Crippen LogP) is 4.30. The second-order valence-corrected chi connectivity index (χ2v) is 11.0. The van der Waals surface area contributed by atoms with Gasteiger partial charge in [0.15, 0.2) is 0 Å². The molecule has 4 heterocycles. The van der Waals surface area contributed by atoms with Crippen LogP contribution in [0, 0.1) is 0 Å². The highest BCUT2D eigenvalue weighted by atomic mass is 16.5. The summed E-state index contributed by atoms with van der Waals surface area (Å²) in [5.74, 6) is -1.36. The summed E-state index contributed by atoms with van der Waals surface area (Å²) in [6, 6.07) is 21.6. The number of esters is 1. The Morgan fingerprint density at radius 3 is 2.36 bits per heavy atom. The third-order valence-corrected chi connectivity index (χ3v) is 8.41. The number of amides is 3. The second kappa shape index (κ2) is 11.3. The van der Waals surface area contributed by atoms with Crippen molar-refractivity contribution in [2.45, 2.75) is 38.0 Å². The minimum Gasteiger partial charge on any atom is -0.459 e. The van der Waals surface area contributed by atoms with Gasteiger partial charge in [-0.1, -0.05) is 60.7 Å². The number of hydrogen-bond acceptors (Lipinski definition) is 6. The van der Waals surface area contributed by atoms with E-state index in [1.54, 1.807) is 47.6 Å². The fourth-order valence-electron chi connectivity index (χ4n) is 6.27. The van der Waals surface area contributed by atoms with Gasteiger partial charge in [0.05, 0.1) is 11.1 Å². The van der Waals surface area contributed by atoms with E-state index in [-0.39, 0.29) is 24.2 Å². The van der Waals surface area contributed by atoms with Crippen molar-refractivity contribution in [2.75, 3.05) is 6.54 Å². The number of hydrogen-bond donors (Lipinski definition) is 1. The van der Waals surface area contributed by atoms with Crippen LogP contribution >= 0.6 is 0 Å². The van der Waals surface area contributed by atoms with E-state index in [9.17, 15) is 19.2 Å². The highest BCUT2D eigenvalue weighted by Crippen LogP contribution is 2.33. The molecule has 2 aromatic heterocycles. The lowest BCUT2D eigenvalue weighted by Gasteiger charge is -2.32. The van der Waals surface area contributed by atoms with Gasteiger partial charge in [-0.25, -0.2) is 9.78 Å². The number of rotatable bonds is 8. The summed E-state index contributed by atoms with van der Waals surface area (Å²) in [5.41, 5.74) is 2.93. The molecule has 3 amide bonds. The van der Waals surface area contributed by atoms with Crippen molar-refractivity contribution in [3.63, 3.8) is 0 Å². The van der Waals surface area contributed by atoms with Crippen molar-refractivity contribution in [1.82, 2.24) is 24.3 Å². The average molecular weight is 588 g/mol. The molecule has 5 aromatic rings. The van der Waals surface area contributed by atoms with E-state index in [1.807, 2.05) is 54.6 Å². The molecule has 2 atom stereocenters. The molecular formula is C34H29N5O5. The van der Waals surface area contributed by atoms with Crippen LogP contribution in [-0.4, -0.2) is 66.7 Å². The van der Waals surface area contributed by atoms with Gasteiger partial charge in [0.25, 0.3) is 11.8 Å². The Bertz CT molecular complexity index is 1850. The zero-order valence-electron chi connectivity index (χ0n) is 23.8. The molecule has 0 aliphatic carbocycles. The predicted molar refractivity (Wildman–Crippen MR) is 161 cm³/mol. The Labute approximate surface area is 252 Å².